The number of hydrogen-bond acceptors (Lipinski definition) is 5. The van der Waals surface area contributed by atoms with Gasteiger partial charge in [-0.2, -0.15) is 5.26 Å². The molecule has 0 aliphatic rings. The summed E-state index contributed by atoms with van der Waals surface area (Å²) in [6.07, 6.45) is 0. The fourth-order valence-corrected chi connectivity index (χ4v) is 1.70. The summed E-state index contributed by atoms with van der Waals surface area (Å²) in [5, 5.41) is 23.2. The first-order valence-corrected chi connectivity index (χ1v) is 6.02. The molecule has 1 aromatic heterocycles. The number of hydrogen-bond donors (Lipinski definition) is 1. The first-order valence-electron chi connectivity index (χ1n) is 5.64. The molecule has 1 N–H and O–H groups in total. The molecule has 1 heterocycles. The van der Waals surface area contributed by atoms with Crippen molar-refractivity contribution in [1.29, 1.82) is 5.26 Å². The number of nitrogens with zero attached hydrogens (tertiary/aromatic N) is 3. The highest BCUT2D eigenvalue weighted by Crippen LogP contribution is 2.18. The van der Waals surface area contributed by atoms with Crippen LogP contribution in [0.5, 0.6) is 0 Å². The van der Waals surface area contributed by atoms with E-state index < -0.39 is 4.92 Å². The summed E-state index contributed by atoms with van der Waals surface area (Å²) >= 11 is 5.78. The van der Waals surface area contributed by atoms with Crippen LogP contribution < -0.4 is 5.32 Å². The fraction of sp³-hybridized carbons (Fsp3) is 0.0769. The van der Waals surface area contributed by atoms with Crippen molar-refractivity contribution in [2.24, 2.45) is 0 Å². The van der Waals surface area contributed by atoms with E-state index >= 15 is 0 Å². The number of benzene rings is 1. The van der Waals surface area contributed by atoms with E-state index in [2.05, 4.69) is 10.3 Å². The molecule has 20 heavy (non-hydrogen) atoms. The number of halogens is 1. The van der Waals surface area contributed by atoms with Gasteiger partial charge < -0.3 is 5.32 Å². The predicted molar refractivity (Wildman–Crippen MR) is 74.4 cm³/mol. The van der Waals surface area contributed by atoms with Gasteiger partial charge in [0.05, 0.1) is 4.92 Å². The molecule has 2 rings (SSSR count). The number of pyridine rings is 1. The zero-order valence-corrected chi connectivity index (χ0v) is 11.0. The summed E-state index contributed by atoms with van der Waals surface area (Å²) in [6.45, 7) is 0.479. The smallest absolute Gasteiger partial charge is 0.305 e. The monoisotopic (exact) mass is 288 g/mol. The molecule has 1 aromatic carbocycles. The van der Waals surface area contributed by atoms with Gasteiger partial charge in [-0.05, 0) is 23.8 Å². The van der Waals surface area contributed by atoms with Gasteiger partial charge >= 0.3 is 5.69 Å². The Hall–Kier alpha value is -2.65. The number of nitrogens with one attached hydrogen (secondary N) is 1. The van der Waals surface area contributed by atoms with Crippen molar-refractivity contribution >= 4 is 23.1 Å². The molecule has 0 spiro atoms. The zero-order valence-electron chi connectivity index (χ0n) is 10.2. The predicted octanol–water partition coefficient (Wildman–Crippen LogP) is 3.13. The molecule has 7 heteroatoms. The summed E-state index contributed by atoms with van der Waals surface area (Å²) in [4.78, 5) is 14.0. The molecule has 0 aliphatic carbocycles. The van der Waals surface area contributed by atoms with Crippen molar-refractivity contribution < 1.29 is 4.92 Å². The van der Waals surface area contributed by atoms with Crippen LogP contribution in [0.4, 0.5) is 11.5 Å². The molecule has 0 fully saturated rings. The maximum Gasteiger partial charge on any atom is 0.305 e. The van der Waals surface area contributed by atoms with E-state index in [1.54, 1.807) is 18.2 Å². The van der Waals surface area contributed by atoms with E-state index in [1.807, 2.05) is 12.1 Å². The lowest BCUT2D eigenvalue weighted by Gasteiger charge is -2.06. The zero-order chi connectivity index (χ0) is 14.5. The van der Waals surface area contributed by atoms with E-state index in [-0.39, 0.29) is 11.4 Å². The van der Waals surface area contributed by atoms with Crippen LogP contribution >= 0.6 is 11.6 Å². The lowest BCUT2D eigenvalue weighted by molar-refractivity contribution is -0.385. The maximum atomic E-state index is 10.7. The maximum absolute atomic E-state index is 10.7. The Kier molecular flexibility index (Phi) is 4.13. The van der Waals surface area contributed by atoms with Crippen LogP contribution in [-0.2, 0) is 6.54 Å². The van der Waals surface area contributed by atoms with Crippen molar-refractivity contribution in [2.75, 3.05) is 5.32 Å². The molecule has 0 aliphatic heterocycles. The number of rotatable bonds is 4. The molecule has 0 saturated heterocycles. The summed E-state index contributed by atoms with van der Waals surface area (Å²) in [5.74, 6) is 0.405. The highest BCUT2D eigenvalue weighted by atomic mass is 35.5. The lowest BCUT2D eigenvalue weighted by atomic mass is 10.2. The van der Waals surface area contributed by atoms with Crippen LogP contribution in [0.1, 0.15) is 11.3 Å². The quantitative estimate of drug-likeness (QED) is 0.689. The van der Waals surface area contributed by atoms with Crippen LogP contribution in [-0.4, -0.2) is 9.91 Å². The Morgan fingerprint density at radius 2 is 2.00 bits per heavy atom. The third-order valence-corrected chi connectivity index (χ3v) is 2.82. The van der Waals surface area contributed by atoms with Gasteiger partial charge in [-0.3, -0.25) is 10.1 Å². The average molecular weight is 289 g/mol. The van der Waals surface area contributed by atoms with E-state index in [0.29, 0.717) is 17.4 Å². The fourth-order valence-electron chi connectivity index (χ4n) is 1.57. The summed E-state index contributed by atoms with van der Waals surface area (Å²) in [7, 11) is 0. The average Bonchev–Trinajstić information content (AvgIpc) is 2.46. The van der Waals surface area contributed by atoms with Crippen molar-refractivity contribution in [2.45, 2.75) is 6.54 Å². The third kappa shape index (κ3) is 3.22. The largest absolute Gasteiger partial charge is 0.366 e. The van der Waals surface area contributed by atoms with Gasteiger partial charge in [0.25, 0.3) is 0 Å². The number of nitro groups is 1. The molecular formula is C13H9ClN4O2. The first-order chi connectivity index (χ1) is 9.60. The third-order valence-electron chi connectivity index (χ3n) is 2.56. The molecule has 100 valence electrons. The van der Waals surface area contributed by atoms with Crippen molar-refractivity contribution in [3.05, 3.63) is 62.8 Å². The Balaban J connectivity index is 2.12. The molecule has 2 aromatic rings. The van der Waals surface area contributed by atoms with Crippen LogP contribution in [0.15, 0.2) is 36.4 Å². The molecular weight excluding hydrogens is 280 g/mol. The van der Waals surface area contributed by atoms with Gasteiger partial charge in [-0.25, -0.2) is 4.98 Å². The Labute approximate surface area is 119 Å². The second-order valence-electron chi connectivity index (χ2n) is 3.91. The van der Waals surface area contributed by atoms with Crippen LogP contribution in [0.3, 0.4) is 0 Å². The van der Waals surface area contributed by atoms with E-state index in [9.17, 15) is 10.1 Å². The summed E-state index contributed by atoms with van der Waals surface area (Å²) in [6, 6.07) is 11.7. The second kappa shape index (κ2) is 5.99. The lowest BCUT2D eigenvalue weighted by Crippen LogP contribution is -2.03. The first kappa shape index (κ1) is 13.8. The SMILES string of the molecule is N#Cc1nc(NCc2ccc(Cl)cc2)ccc1[N+](=O)[O-]. The molecule has 0 amide bonds. The van der Waals surface area contributed by atoms with Gasteiger partial charge in [-0.15, -0.1) is 0 Å². The number of aromatic nitrogens is 1. The highest BCUT2D eigenvalue weighted by Gasteiger charge is 2.15. The van der Waals surface area contributed by atoms with Gasteiger partial charge in [0.1, 0.15) is 11.9 Å². The summed E-state index contributed by atoms with van der Waals surface area (Å²) < 4.78 is 0. The van der Waals surface area contributed by atoms with Gasteiger partial charge in [0, 0.05) is 17.6 Å². The van der Waals surface area contributed by atoms with E-state index in [4.69, 9.17) is 16.9 Å². The Morgan fingerprint density at radius 3 is 2.60 bits per heavy atom. The van der Waals surface area contributed by atoms with Crippen molar-refractivity contribution in [3.63, 3.8) is 0 Å². The van der Waals surface area contributed by atoms with Crippen LogP contribution in [0.2, 0.25) is 5.02 Å². The molecule has 0 radical (unpaired) electrons. The Bertz CT molecular complexity index is 680. The van der Waals surface area contributed by atoms with Crippen LogP contribution in [0.25, 0.3) is 0 Å². The minimum Gasteiger partial charge on any atom is -0.366 e. The molecule has 0 unspecified atom stereocenters. The minimum absolute atomic E-state index is 0.212. The van der Waals surface area contributed by atoms with Crippen LogP contribution in [0, 0.1) is 21.4 Å². The topological polar surface area (TPSA) is 91.8 Å². The second-order valence-corrected chi connectivity index (χ2v) is 4.35. The van der Waals surface area contributed by atoms with E-state index in [0.717, 1.165) is 5.56 Å². The van der Waals surface area contributed by atoms with Crippen molar-refractivity contribution in [1.82, 2.24) is 4.98 Å². The van der Waals surface area contributed by atoms with Crippen molar-refractivity contribution in [3.8, 4) is 6.07 Å². The molecule has 0 atom stereocenters. The standard InChI is InChI=1S/C13H9ClN4O2/c14-10-3-1-9(2-4-10)8-16-13-6-5-12(18(19)20)11(7-15)17-13/h1-6H,8H2,(H,16,17). The molecule has 0 bridgehead atoms. The normalized spacial score (nSPS) is 9.80. The molecule has 6 nitrogen and oxygen atoms in total. The summed E-state index contributed by atoms with van der Waals surface area (Å²) in [5.41, 5.74) is 0.466. The number of anilines is 1. The van der Waals surface area contributed by atoms with Gasteiger partial charge in [-0.1, -0.05) is 23.7 Å². The van der Waals surface area contributed by atoms with E-state index in [1.165, 1.54) is 12.1 Å². The van der Waals surface area contributed by atoms with Gasteiger partial charge in [0.15, 0.2) is 0 Å². The highest BCUT2D eigenvalue weighted by molar-refractivity contribution is 6.30. The Morgan fingerprint density at radius 1 is 1.30 bits per heavy atom. The van der Waals surface area contributed by atoms with Gasteiger partial charge in [0.2, 0.25) is 5.69 Å². The number of nitriles is 1. The minimum atomic E-state index is -0.630. The molecule has 0 saturated carbocycles.